The van der Waals surface area contributed by atoms with E-state index in [0.717, 1.165) is 24.4 Å². The Bertz CT molecular complexity index is 506. The number of hydrogen-bond acceptors (Lipinski definition) is 4. The minimum atomic E-state index is 0.144. The first-order valence-corrected chi connectivity index (χ1v) is 8.06. The molecule has 2 rings (SSSR count). The van der Waals surface area contributed by atoms with Crippen molar-refractivity contribution in [3.05, 3.63) is 46.0 Å². The minimum Gasteiger partial charge on any atom is -0.464 e. The molecule has 2 aromatic heterocycles. The number of aryl methyl sites for hydroxylation is 1. The number of likely N-dealkylation sites (N-methyl/N-ethyl adjacent to an activating group) is 1. The number of nitrogens with two attached hydrogens (primary N) is 1. The fourth-order valence-electron chi connectivity index (χ4n) is 2.42. The molecular weight excluding hydrogens is 268 g/mol. The summed E-state index contributed by atoms with van der Waals surface area (Å²) < 4.78 is 5.87. The van der Waals surface area contributed by atoms with Gasteiger partial charge in [0.2, 0.25) is 0 Å². The fourth-order valence-corrected chi connectivity index (χ4v) is 3.24. The van der Waals surface area contributed by atoms with E-state index in [9.17, 15) is 0 Å². The molecule has 0 aromatic carbocycles. The van der Waals surface area contributed by atoms with E-state index in [2.05, 4.69) is 55.4 Å². The molecule has 4 heteroatoms. The molecule has 2 atom stereocenters. The van der Waals surface area contributed by atoms with Crippen LogP contribution < -0.4 is 5.73 Å². The van der Waals surface area contributed by atoms with E-state index < -0.39 is 0 Å². The number of thiophene rings is 1. The number of nitrogens with zero attached hydrogens (tertiary/aromatic N) is 1. The molecule has 0 spiro atoms. The van der Waals surface area contributed by atoms with Gasteiger partial charge in [-0.15, -0.1) is 11.3 Å². The van der Waals surface area contributed by atoms with Crippen molar-refractivity contribution in [1.29, 1.82) is 0 Å². The second kappa shape index (κ2) is 7.07. The average molecular weight is 292 g/mol. The predicted molar refractivity (Wildman–Crippen MR) is 85.1 cm³/mol. The number of rotatable bonds is 7. The Morgan fingerprint density at radius 2 is 2.15 bits per heavy atom. The quantitative estimate of drug-likeness (QED) is 0.849. The maximum atomic E-state index is 5.97. The number of furan rings is 1. The van der Waals surface area contributed by atoms with Crippen LogP contribution in [-0.4, -0.2) is 24.5 Å². The highest BCUT2D eigenvalue weighted by atomic mass is 32.1. The van der Waals surface area contributed by atoms with Crippen molar-refractivity contribution in [3.8, 4) is 0 Å². The molecular formula is C16H24N2OS. The SMILES string of the molecule is CCc1ccc(C(CN)N(C)C(C)Cc2cccs2)o1. The first kappa shape index (κ1) is 15.3. The van der Waals surface area contributed by atoms with Gasteiger partial charge in [0.05, 0.1) is 6.04 Å². The zero-order valence-electron chi connectivity index (χ0n) is 12.5. The third kappa shape index (κ3) is 3.51. The highest BCUT2D eigenvalue weighted by Gasteiger charge is 2.23. The molecule has 0 radical (unpaired) electrons. The summed E-state index contributed by atoms with van der Waals surface area (Å²) in [7, 11) is 2.13. The summed E-state index contributed by atoms with van der Waals surface area (Å²) >= 11 is 1.81. The second-order valence-corrected chi connectivity index (χ2v) is 6.24. The van der Waals surface area contributed by atoms with Crippen molar-refractivity contribution in [3.63, 3.8) is 0 Å². The fraction of sp³-hybridized carbons (Fsp3) is 0.500. The van der Waals surface area contributed by atoms with E-state index in [1.807, 2.05) is 11.3 Å². The van der Waals surface area contributed by atoms with E-state index in [1.54, 1.807) is 0 Å². The Morgan fingerprint density at radius 3 is 2.70 bits per heavy atom. The van der Waals surface area contributed by atoms with E-state index in [4.69, 9.17) is 10.2 Å². The van der Waals surface area contributed by atoms with Gasteiger partial charge in [-0.1, -0.05) is 13.0 Å². The van der Waals surface area contributed by atoms with Crippen LogP contribution in [0.2, 0.25) is 0 Å². The average Bonchev–Trinajstić information content (AvgIpc) is 3.10. The third-order valence-electron chi connectivity index (χ3n) is 3.85. The van der Waals surface area contributed by atoms with Gasteiger partial charge in [0.15, 0.2) is 0 Å². The van der Waals surface area contributed by atoms with Gasteiger partial charge in [0.25, 0.3) is 0 Å². The molecule has 0 saturated heterocycles. The monoisotopic (exact) mass is 292 g/mol. The zero-order valence-corrected chi connectivity index (χ0v) is 13.3. The Hall–Kier alpha value is -1.10. The minimum absolute atomic E-state index is 0.144. The van der Waals surface area contributed by atoms with Crippen LogP contribution in [-0.2, 0) is 12.8 Å². The van der Waals surface area contributed by atoms with Gasteiger partial charge in [0, 0.05) is 23.9 Å². The van der Waals surface area contributed by atoms with Crippen molar-refractivity contribution in [2.75, 3.05) is 13.6 Å². The smallest absolute Gasteiger partial charge is 0.122 e. The lowest BCUT2D eigenvalue weighted by atomic mass is 10.1. The standard InChI is InChI=1S/C16H24N2OS/c1-4-13-7-8-16(19-13)15(11-17)18(3)12(2)10-14-6-5-9-20-14/h5-9,12,15H,4,10-11,17H2,1-3H3. The van der Waals surface area contributed by atoms with Gasteiger partial charge in [-0.05, 0) is 44.0 Å². The Morgan fingerprint density at radius 1 is 1.35 bits per heavy atom. The normalized spacial score (nSPS) is 14.7. The van der Waals surface area contributed by atoms with Gasteiger partial charge in [-0.2, -0.15) is 0 Å². The summed E-state index contributed by atoms with van der Waals surface area (Å²) in [5, 5.41) is 2.13. The molecule has 2 aromatic rings. The van der Waals surface area contributed by atoms with Crippen LogP contribution >= 0.6 is 11.3 Å². The van der Waals surface area contributed by atoms with Crippen LogP contribution in [0.5, 0.6) is 0 Å². The van der Waals surface area contributed by atoms with E-state index >= 15 is 0 Å². The Balaban J connectivity index is 2.05. The molecule has 0 fully saturated rings. The molecule has 0 amide bonds. The summed E-state index contributed by atoms with van der Waals surface area (Å²) in [4.78, 5) is 3.73. The molecule has 2 heterocycles. The van der Waals surface area contributed by atoms with Crippen LogP contribution in [0, 0.1) is 0 Å². The number of hydrogen-bond donors (Lipinski definition) is 1. The van der Waals surface area contributed by atoms with Gasteiger partial charge in [-0.3, -0.25) is 4.90 Å². The highest BCUT2D eigenvalue weighted by molar-refractivity contribution is 7.09. The lowest BCUT2D eigenvalue weighted by Crippen LogP contribution is -2.37. The first-order chi connectivity index (χ1) is 9.65. The molecule has 0 saturated carbocycles. The molecule has 0 aliphatic heterocycles. The zero-order chi connectivity index (χ0) is 14.5. The topological polar surface area (TPSA) is 42.4 Å². The summed E-state index contributed by atoms with van der Waals surface area (Å²) in [6.07, 6.45) is 1.97. The van der Waals surface area contributed by atoms with Crippen molar-refractivity contribution >= 4 is 11.3 Å². The molecule has 2 unspecified atom stereocenters. The van der Waals surface area contributed by atoms with Crippen molar-refractivity contribution in [2.45, 2.75) is 38.8 Å². The molecule has 3 nitrogen and oxygen atoms in total. The highest BCUT2D eigenvalue weighted by Crippen LogP contribution is 2.25. The lowest BCUT2D eigenvalue weighted by molar-refractivity contribution is 0.166. The van der Waals surface area contributed by atoms with Crippen LogP contribution in [0.25, 0.3) is 0 Å². The summed E-state index contributed by atoms with van der Waals surface area (Å²) in [6, 6.07) is 8.98. The third-order valence-corrected chi connectivity index (χ3v) is 4.74. The molecule has 0 bridgehead atoms. The Labute approximate surface area is 125 Å². The van der Waals surface area contributed by atoms with Gasteiger partial charge in [-0.25, -0.2) is 0 Å². The van der Waals surface area contributed by atoms with Crippen molar-refractivity contribution in [2.24, 2.45) is 5.73 Å². The van der Waals surface area contributed by atoms with E-state index in [0.29, 0.717) is 12.6 Å². The van der Waals surface area contributed by atoms with E-state index in [-0.39, 0.29) is 6.04 Å². The van der Waals surface area contributed by atoms with Gasteiger partial charge < -0.3 is 10.2 Å². The van der Waals surface area contributed by atoms with Crippen LogP contribution in [0.1, 0.15) is 36.3 Å². The molecule has 2 N–H and O–H groups in total. The van der Waals surface area contributed by atoms with Gasteiger partial charge >= 0.3 is 0 Å². The summed E-state index contributed by atoms with van der Waals surface area (Å²) in [6.45, 7) is 4.91. The van der Waals surface area contributed by atoms with Crippen LogP contribution in [0.3, 0.4) is 0 Å². The second-order valence-electron chi connectivity index (χ2n) is 5.21. The first-order valence-electron chi connectivity index (χ1n) is 7.18. The maximum absolute atomic E-state index is 5.97. The molecule has 0 aliphatic carbocycles. The van der Waals surface area contributed by atoms with Crippen molar-refractivity contribution < 1.29 is 4.42 Å². The van der Waals surface area contributed by atoms with Crippen molar-refractivity contribution in [1.82, 2.24) is 4.90 Å². The molecule has 110 valence electrons. The van der Waals surface area contributed by atoms with E-state index in [1.165, 1.54) is 4.88 Å². The predicted octanol–water partition coefficient (Wildman–Crippen LogP) is 3.47. The van der Waals surface area contributed by atoms with Crippen LogP contribution in [0.15, 0.2) is 34.1 Å². The maximum Gasteiger partial charge on any atom is 0.122 e. The molecule has 20 heavy (non-hydrogen) atoms. The summed E-state index contributed by atoms with van der Waals surface area (Å²) in [5.41, 5.74) is 5.97. The summed E-state index contributed by atoms with van der Waals surface area (Å²) in [5.74, 6) is 2.00. The lowest BCUT2D eigenvalue weighted by Gasteiger charge is -2.31. The van der Waals surface area contributed by atoms with Gasteiger partial charge in [0.1, 0.15) is 11.5 Å². The molecule has 0 aliphatic rings. The Kier molecular flexibility index (Phi) is 5.40. The largest absolute Gasteiger partial charge is 0.464 e. The van der Waals surface area contributed by atoms with Crippen LogP contribution in [0.4, 0.5) is 0 Å².